The van der Waals surface area contributed by atoms with Gasteiger partial charge in [-0.15, -0.1) is 0 Å². The van der Waals surface area contributed by atoms with Gasteiger partial charge in [-0.3, -0.25) is 13.9 Å². The van der Waals surface area contributed by atoms with Crippen LogP contribution < -0.4 is 20.2 Å². The first-order valence-corrected chi connectivity index (χ1v) is 15.6. The number of hydrogen-bond donors (Lipinski definition) is 3. The third-order valence-corrected chi connectivity index (χ3v) is 8.41. The Hall–Kier alpha value is -3.43. The second-order valence-corrected chi connectivity index (χ2v) is 12.7. The molecule has 14 nitrogen and oxygen atoms in total. The van der Waals surface area contributed by atoms with Crippen LogP contribution in [0.15, 0.2) is 36.7 Å². The number of aromatic nitrogens is 4. The largest absolute Gasteiger partial charge is 0.462 e. The lowest BCUT2D eigenvalue weighted by Gasteiger charge is -2.28. The predicted molar refractivity (Wildman–Crippen MR) is 157 cm³/mol. The molecule has 0 unspecified atom stereocenters. The van der Waals surface area contributed by atoms with E-state index in [-0.39, 0.29) is 22.9 Å². The van der Waals surface area contributed by atoms with Crippen LogP contribution in [-0.4, -0.2) is 80.6 Å². The van der Waals surface area contributed by atoms with Crippen LogP contribution >= 0.6 is 7.75 Å². The van der Waals surface area contributed by atoms with Crippen molar-refractivity contribution in [2.45, 2.75) is 77.0 Å². The van der Waals surface area contributed by atoms with E-state index in [2.05, 4.69) is 20.0 Å². The van der Waals surface area contributed by atoms with E-state index in [0.717, 1.165) is 17.9 Å². The molecule has 0 bridgehead atoms. The zero-order valence-corrected chi connectivity index (χ0v) is 26.2. The number of carbonyl (C=O) groups is 1. The van der Waals surface area contributed by atoms with E-state index in [1.807, 2.05) is 6.92 Å². The molecular formula is C27H38F2N7O7P. The molecule has 4 N–H and O–H groups in total. The van der Waals surface area contributed by atoms with Crippen LogP contribution in [0.2, 0.25) is 0 Å². The molecular weight excluding hydrogens is 603 g/mol. The molecule has 3 heterocycles. The fourth-order valence-electron chi connectivity index (χ4n) is 4.67. The summed E-state index contributed by atoms with van der Waals surface area (Å²) in [5, 5.41) is 13.3. The van der Waals surface area contributed by atoms with Crippen molar-refractivity contribution >= 4 is 36.6 Å². The predicted octanol–water partition coefficient (Wildman–Crippen LogP) is 3.67. The maximum absolute atomic E-state index is 16.3. The number of para-hydroxylation sites is 1. The molecule has 1 aliphatic rings. The number of nitrogens with two attached hydrogens (primary N) is 1. The number of aliphatic hydroxyl groups excluding tert-OH is 1. The fraction of sp³-hybridized carbons (Fsp3) is 0.556. The van der Waals surface area contributed by atoms with Gasteiger partial charge in [-0.05, 0) is 46.2 Å². The van der Waals surface area contributed by atoms with Crippen molar-refractivity contribution in [2.24, 2.45) is 0 Å². The highest BCUT2D eigenvalue weighted by molar-refractivity contribution is 7.52. The number of fused-ring (bicyclic) bond motifs is 1. The number of carbonyl (C=O) groups excluding carboxylic acids is 1. The average molecular weight is 642 g/mol. The number of alkyl halides is 2. The smallest absolute Gasteiger partial charge is 0.459 e. The highest BCUT2D eigenvalue weighted by Gasteiger charge is 2.65. The standard InChI is InChI=1S/C27H38F2N7O7P/c1-7-13-35(6)20-19-21(33-25(30)32-20)36(15-31-19)24-26(5,28)23(38)27(29,42-24)14-40-44(39,43-18-11-9-8-10-12-18)34-17(4)22(37)41-16(2)3/h8-12,15-17,23-24,38H,7,13-14H2,1-6H3,(H,34,39)(H2,30,32,33)/t17-,23-,24+,26+,27+,44+/m0/s1. The van der Waals surface area contributed by atoms with Gasteiger partial charge in [-0.2, -0.15) is 15.1 Å². The number of nitrogens with one attached hydrogen (secondary N) is 1. The van der Waals surface area contributed by atoms with Gasteiger partial charge in [0.05, 0.1) is 12.4 Å². The first-order chi connectivity index (χ1) is 20.6. The Kier molecular flexibility index (Phi) is 9.81. The van der Waals surface area contributed by atoms with Crippen molar-refractivity contribution in [2.75, 3.05) is 30.8 Å². The minimum atomic E-state index is -4.57. The van der Waals surface area contributed by atoms with Crippen molar-refractivity contribution in [3.63, 3.8) is 0 Å². The van der Waals surface area contributed by atoms with E-state index in [4.69, 9.17) is 24.3 Å². The van der Waals surface area contributed by atoms with E-state index < -0.39 is 56.3 Å². The Bertz CT molecular complexity index is 1510. The molecule has 3 aromatic rings. The number of ether oxygens (including phenoxy) is 2. The van der Waals surface area contributed by atoms with E-state index in [1.54, 1.807) is 44.0 Å². The minimum Gasteiger partial charge on any atom is -0.462 e. The van der Waals surface area contributed by atoms with Gasteiger partial charge >= 0.3 is 13.7 Å². The first-order valence-electron chi connectivity index (χ1n) is 14.0. The van der Waals surface area contributed by atoms with Crippen LogP contribution in [0.3, 0.4) is 0 Å². The number of anilines is 2. The normalized spacial score (nSPS) is 25.6. The second kappa shape index (κ2) is 12.9. The molecule has 0 radical (unpaired) electrons. The Morgan fingerprint density at radius 1 is 1.27 bits per heavy atom. The third-order valence-electron chi connectivity index (χ3n) is 6.78. The van der Waals surface area contributed by atoms with E-state index >= 15 is 8.78 Å². The quantitative estimate of drug-likeness (QED) is 0.182. The first kappa shape index (κ1) is 33.5. The summed E-state index contributed by atoms with van der Waals surface area (Å²) >= 11 is 0. The molecule has 1 fully saturated rings. The monoisotopic (exact) mass is 641 g/mol. The third kappa shape index (κ3) is 6.94. The van der Waals surface area contributed by atoms with Crippen molar-refractivity contribution in [1.29, 1.82) is 0 Å². The molecule has 0 amide bonds. The van der Waals surface area contributed by atoms with Gasteiger partial charge in [0, 0.05) is 13.6 Å². The van der Waals surface area contributed by atoms with Crippen LogP contribution in [-0.2, 0) is 23.4 Å². The van der Waals surface area contributed by atoms with Gasteiger partial charge in [-0.25, -0.2) is 18.3 Å². The van der Waals surface area contributed by atoms with E-state index in [1.165, 1.54) is 25.4 Å². The second-order valence-electron chi connectivity index (χ2n) is 11.0. The van der Waals surface area contributed by atoms with Crippen LogP contribution in [0.1, 0.15) is 47.3 Å². The molecule has 6 atom stereocenters. The molecule has 4 rings (SSSR count). The van der Waals surface area contributed by atoms with Crippen molar-refractivity contribution < 1.29 is 41.8 Å². The minimum absolute atomic E-state index is 0.0407. The summed E-state index contributed by atoms with van der Waals surface area (Å²) in [6.07, 6.45) is -2.75. The summed E-state index contributed by atoms with van der Waals surface area (Å²) in [5.74, 6) is -3.72. The Balaban J connectivity index is 1.62. The number of nitrogen functional groups attached to an aromatic ring is 1. The highest BCUT2D eigenvalue weighted by atomic mass is 31.2. The summed E-state index contributed by atoms with van der Waals surface area (Å²) in [6.45, 7) is 6.86. The van der Waals surface area contributed by atoms with Crippen LogP contribution in [0, 0.1) is 0 Å². The number of halogens is 2. The summed E-state index contributed by atoms with van der Waals surface area (Å²) in [4.78, 5) is 26.9. The molecule has 17 heteroatoms. The van der Waals surface area contributed by atoms with Crippen molar-refractivity contribution in [3.05, 3.63) is 36.7 Å². The van der Waals surface area contributed by atoms with Crippen LogP contribution in [0.5, 0.6) is 5.75 Å². The molecule has 0 spiro atoms. The SMILES string of the molecule is CCCN(C)c1nc(N)nc2c1ncn2[C@@H]1O[C@](F)(CO[P@](=O)(N[C@@H](C)C(=O)OC(C)C)Oc2ccccc2)[C@@H](O)[C@@]1(C)F. The zero-order chi connectivity index (χ0) is 32.4. The molecule has 0 saturated carbocycles. The topological polar surface area (TPSA) is 176 Å². The van der Waals surface area contributed by atoms with Crippen LogP contribution in [0.25, 0.3) is 11.2 Å². The van der Waals surface area contributed by atoms with E-state index in [9.17, 15) is 14.5 Å². The zero-order valence-electron chi connectivity index (χ0n) is 25.3. The van der Waals surface area contributed by atoms with Crippen LogP contribution in [0.4, 0.5) is 20.5 Å². The summed E-state index contributed by atoms with van der Waals surface area (Å²) < 4.78 is 68.9. The molecule has 0 aliphatic carbocycles. The van der Waals surface area contributed by atoms with Gasteiger partial charge in [0.1, 0.15) is 18.4 Å². The number of benzene rings is 1. The lowest BCUT2D eigenvalue weighted by molar-refractivity contribution is -0.202. The Labute approximate surface area is 253 Å². The number of imidazole rings is 1. The number of nitrogens with zero attached hydrogens (tertiary/aromatic N) is 5. The van der Waals surface area contributed by atoms with Gasteiger partial charge in [-0.1, -0.05) is 25.1 Å². The van der Waals surface area contributed by atoms with Gasteiger partial charge in [0.25, 0.3) is 5.85 Å². The number of esters is 1. The van der Waals surface area contributed by atoms with Gasteiger partial charge in [0.15, 0.2) is 35.0 Å². The lowest BCUT2D eigenvalue weighted by atomic mass is 9.97. The number of hydrogen-bond acceptors (Lipinski definition) is 12. The maximum Gasteiger partial charge on any atom is 0.459 e. The molecule has 1 aliphatic heterocycles. The fourth-order valence-corrected chi connectivity index (χ4v) is 6.17. The summed E-state index contributed by atoms with van der Waals surface area (Å²) in [5.41, 5.74) is 3.45. The van der Waals surface area contributed by atoms with E-state index in [0.29, 0.717) is 12.4 Å². The average Bonchev–Trinajstić information content (AvgIpc) is 3.44. The maximum atomic E-state index is 16.3. The molecule has 242 valence electrons. The molecule has 44 heavy (non-hydrogen) atoms. The lowest BCUT2D eigenvalue weighted by Crippen LogP contribution is -2.47. The van der Waals surface area contributed by atoms with Crippen molar-refractivity contribution in [1.82, 2.24) is 24.6 Å². The van der Waals surface area contributed by atoms with Gasteiger partial charge in [0.2, 0.25) is 5.95 Å². The summed E-state index contributed by atoms with van der Waals surface area (Å²) in [7, 11) is -2.80. The number of rotatable bonds is 13. The Morgan fingerprint density at radius 2 is 1.95 bits per heavy atom. The van der Waals surface area contributed by atoms with Gasteiger partial charge < -0.3 is 29.7 Å². The molecule has 2 aromatic heterocycles. The summed E-state index contributed by atoms with van der Waals surface area (Å²) in [6, 6.07) is 6.55. The molecule has 1 saturated heterocycles. The molecule has 1 aromatic carbocycles. The number of aliphatic hydroxyl groups is 1. The highest BCUT2D eigenvalue weighted by Crippen LogP contribution is 2.52. The Morgan fingerprint density at radius 3 is 2.59 bits per heavy atom. The van der Waals surface area contributed by atoms with Crippen molar-refractivity contribution in [3.8, 4) is 5.75 Å².